The summed E-state index contributed by atoms with van der Waals surface area (Å²) in [4.78, 5) is 95.3. The summed E-state index contributed by atoms with van der Waals surface area (Å²) in [6.07, 6.45) is -0.507. The number of hydrogen-bond acceptors (Lipinski definition) is 10. The van der Waals surface area contributed by atoms with Gasteiger partial charge < -0.3 is 48.5 Å². The fourth-order valence-electron chi connectivity index (χ4n) is 4.45. The lowest BCUT2D eigenvalue weighted by Gasteiger charge is -2.33. The molecule has 1 aliphatic rings. The van der Waals surface area contributed by atoms with Crippen LogP contribution in [0.2, 0.25) is 0 Å². The number of carbonyl (C=O) groups excluding carboxylic acids is 6. The number of benzene rings is 1. The first kappa shape index (κ1) is 38.7. The molecule has 4 atom stereocenters. The predicted molar refractivity (Wildman–Crippen MR) is 177 cm³/mol. The topological polar surface area (TPSA) is 282 Å². The molecule has 47 heavy (non-hydrogen) atoms. The van der Waals surface area contributed by atoms with Crippen LogP contribution >= 0.6 is 21.6 Å². The number of nitrogens with two attached hydrogens (primary N) is 3. The Bertz CT molecular complexity index is 1360. The standard InChI is InChI=1S/C28H41N9O8S2/c1-28(2)21(22(29)41)36-24(43)16(12-20(39)40)34-19(38)13-33-25(44)18(10-7-11-32-27(30)31)37(3)26(45)17(14-46-47-28)35-23(42)15-8-5-4-6-9-15/h4-6,8-9,16-18,21H,7,10-14H2,1-3H3,(H2,29,41)(H,33,44)(H,34,38)(H,35,42)(H,36,43)(H,39,40)(H4,30,31,32)/t16-,17-,18-,21+/m0/s1. The van der Waals surface area contributed by atoms with Gasteiger partial charge in [-0.1, -0.05) is 39.8 Å². The fourth-order valence-corrected chi connectivity index (χ4v) is 7.26. The minimum atomic E-state index is -1.61. The van der Waals surface area contributed by atoms with Gasteiger partial charge in [0.05, 0.1) is 13.0 Å². The third-order valence-electron chi connectivity index (χ3n) is 6.92. The van der Waals surface area contributed by atoms with Crippen LogP contribution in [0.3, 0.4) is 0 Å². The molecule has 1 aromatic carbocycles. The molecule has 0 radical (unpaired) electrons. The summed E-state index contributed by atoms with van der Waals surface area (Å²) in [6, 6.07) is 2.89. The number of rotatable bonds is 9. The van der Waals surface area contributed by atoms with Crippen molar-refractivity contribution in [2.45, 2.75) is 62.0 Å². The second-order valence-corrected chi connectivity index (χ2v) is 14.1. The van der Waals surface area contributed by atoms with Gasteiger partial charge in [0.15, 0.2) is 5.96 Å². The number of aliphatic carboxylic acids is 1. The Morgan fingerprint density at radius 2 is 1.72 bits per heavy atom. The average molecular weight is 696 g/mol. The van der Waals surface area contributed by atoms with Gasteiger partial charge in [-0.3, -0.25) is 38.6 Å². The van der Waals surface area contributed by atoms with Crippen molar-refractivity contribution in [1.82, 2.24) is 26.2 Å². The van der Waals surface area contributed by atoms with Crippen LogP contribution in [0.25, 0.3) is 0 Å². The van der Waals surface area contributed by atoms with E-state index in [1.165, 1.54) is 7.05 Å². The van der Waals surface area contributed by atoms with E-state index in [9.17, 15) is 38.7 Å². The summed E-state index contributed by atoms with van der Waals surface area (Å²) in [5, 5.41) is 19.2. The number of likely N-dealkylation sites (N-methyl/N-ethyl adjacent to an activating group) is 1. The number of primary amides is 1. The lowest BCUT2D eigenvalue weighted by atomic mass is 10.0. The summed E-state index contributed by atoms with van der Waals surface area (Å²) in [5.74, 6) is -6.37. The van der Waals surface area contributed by atoms with Crippen LogP contribution in [-0.2, 0) is 28.8 Å². The second kappa shape index (κ2) is 18.0. The van der Waals surface area contributed by atoms with E-state index in [-0.39, 0.29) is 36.7 Å². The van der Waals surface area contributed by atoms with Crippen LogP contribution in [0.15, 0.2) is 35.3 Å². The zero-order chi connectivity index (χ0) is 35.3. The van der Waals surface area contributed by atoms with Gasteiger partial charge in [-0.15, -0.1) is 0 Å². The van der Waals surface area contributed by atoms with Crippen LogP contribution in [0.4, 0.5) is 0 Å². The molecular weight excluding hydrogens is 654 g/mol. The molecule has 0 aromatic heterocycles. The van der Waals surface area contributed by atoms with Gasteiger partial charge in [-0.25, -0.2) is 0 Å². The lowest BCUT2D eigenvalue weighted by Crippen LogP contribution is -2.59. The van der Waals surface area contributed by atoms with E-state index in [1.54, 1.807) is 44.2 Å². The number of amides is 6. The molecule has 1 aromatic rings. The molecule has 0 aliphatic carbocycles. The van der Waals surface area contributed by atoms with Gasteiger partial charge in [0.2, 0.25) is 29.5 Å². The molecule has 0 saturated carbocycles. The Balaban J connectivity index is 2.51. The highest BCUT2D eigenvalue weighted by atomic mass is 33.1. The second-order valence-electron chi connectivity index (χ2n) is 11.1. The van der Waals surface area contributed by atoms with E-state index < -0.39 is 83.3 Å². The summed E-state index contributed by atoms with van der Waals surface area (Å²) < 4.78 is -1.13. The Hall–Kier alpha value is -4.52. The largest absolute Gasteiger partial charge is 0.481 e. The molecule has 6 amide bonds. The van der Waals surface area contributed by atoms with Gasteiger partial charge in [-0.05, 0) is 38.8 Å². The van der Waals surface area contributed by atoms with Crippen molar-refractivity contribution in [2.75, 3.05) is 25.9 Å². The number of carbonyl (C=O) groups is 7. The van der Waals surface area contributed by atoms with Gasteiger partial charge >= 0.3 is 5.97 Å². The minimum absolute atomic E-state index is 0.0424. The molecule has 11 N–H and O–H groups in total. The number of nitrogens with one attached hydrogen (secondary N) is 4. The van der Waals surface area contributed by atoms with E-state index in [0.717, 1.165) is 26.5 Å². The van der Waals surface area contributed by atoms with Crippen molar-refractivity contribution in [3.8, 4) is 0 Å². The van der Waals surface area contributed by atoms with E-state index in [2.05, 4.69) is 26.3 Å². The molecule has 2 rings (SSSR count). The van der Waals surface area contributed by atoms with E-state index in [0.29, 0.717) is 0 Å². The highest BCUT2D eigenvalue weighted by Gasteiger charge is 2.39. The summed E-state index contributed by atoms with van der Waals surface area (Å²) >= 11 is 0. The molecule has 1 saturated heterocycles. The van der Waals surface area contributed by atoms with Gasteiger partial charge in [0, 0.05) is 29.7 Å². The smallest absolute Gasteiger partial charge is 0.305 e. The monoisotopic (exact) mass is 695 g/mol. The van der Waals surface area contributed by atoms with Gasteiger partial charge in [0.25, 0.3) is 5.91 Å². The molecular formula is C28H41N9O8S2. The van der Waals surface area contributed by atoms with Crippen molar-refractivity contribution in [1.29, 1.82) is 0 Å². The first-order chi connectivity index (χ1) is 22.0. The van der Waals surface area contributed by atoms with E-state index in [1.807, 2.05) is 0 Å². The first-order valence-electron chi connectivity index (χ1n) is 14.4. The van der Waals surface area contributed by atoms with E-state index in [4.69, 9.17) is 17.2 Å². The molecule has 19 heteroatoms. The lowest BCUT2D eigenvalue weighted by molar-refractivity contribution is -0.141. The molecule has 1 heterocycles. The van der Waals surface area contributed by atoms with Gasteiger partial charge in [0.1, 0.15) is 24.2 Å². The first-order valence-corrected chi connectivity index (χ1v) is 16.7. The van der Waals surface area contributed by atoms with Crippen LogP contribution < -0.4 is 38.5 Å². The SMILES string of the molecule is CN1C(=O)[C@@H](NC(=O)c2ccccc2)CSSC(C)(C)[C@@H](C(N)=O)NC(=O)[C@H](CC(=O)O)NC(=O)CNC(=O)[C@@H]1CCCN=C(N)N. The van der Waals surface area contributed by atoms with Crippen LogP contribution in [0, 0.1) is 0 Å². The maximum absolute atomic E-state index is 13.9. The molecule has 0 spiro atoms. The Kier molecular flexibility index (Phi) is 14.8. The predicted octanol–water partition coefficient (Wildman–Crippen LogP) is -2.11. The molecule has 1 fully saturated rings. The number of aliphatic imine (C=N–C) groups is 1. The Labute approximate surface area is 279 Å². The van der Waals surface area contributed by atoms with Crippen molar-refractivity contribution in [2.24, 2.45) is 22.2 Å². The van der Waals surface area contributed by atoms with Crippen molar-refractivity contribution in [3.63, 3.8) is 0 Å². The third-order valence-corrected chi connectivity index (χ3v) is 10.2. The Morgan fingerprint density at radius 3 is 2.32 bits per heavy atom. The minimum Gasteiger partial charge on any atom is -0.481 e. The fraction of sp³-hybridized carbons (Fsp3) is 0.500. The zero-order valence-corrected chi connectivity index (χ0v) is 27.8. The van der Waals surface area contributed by atoms with Crippen LogP contribution in [0.5, 0.6) is 0 Å². The van der Waals surface area contributed by atoms with Gasteiger partial charge in [-0.2, -0.15) is 0 Å². The number of carboxylic acids is 1. The molecule has 258 valence electrons. The molecule has 0 unspecified atom stereocenters. The maximum Gasteiger partial charge on any atom is 0.305 e. The van der Waals surface area contributed by atoms with Crippen LogP contribution in [-0.4, -0.2) is 112 Å². The average Bonchev–Trinajstić information content (AvgIpc) is 3.00. The molecule has 0 bridgehead atoms. The summed E-state index contributed by atoms with van der Waals surface area (Å²) in [7, 11) is 3.55. The number of hydrogen-bond donors (Lipinski definition) is 8. The van der Waals surface area contributed by atoms with E-state index >= 15 is 0 Å². The van der Waals surface area contributed by atoms with Crippen molar-refractivity contribution in [3.05, 3.63) is 35.9 Å². The van der Waals surface area contributed by atoms with Crippen molar-refractivity contribution >= 4 is 69.0 Å². The van der Waals surface area contributed by atoms with Crippen molar-refractivity contribution < 1.29 is 38.7 Å². The Morgan fingerprint density at radius 1 is 1.06 bits per heavy atom. The van der Waals surface area contributed by atoms with Crippen LogP contribution in [0.1, 0.15) is 43.5 Å². The maximum atomic E-state index is 13.9. The highest BCUT2D eigenvalue weighted by Crippen LogP contribution is 2.38. The summed E-state index contributed by atoms with van der Waals surface area (Å²) in [6.45, 7) is 2.65. The summed E-state index contributed by atoms with van der Waals surface area (Å²) in [5.41, 5.74) is 16.7. The zero-order valence-electron chi connectivity index (χ0n) is 26.2. The molecule has 17 nitrogen and oxygen atoms in total. The molecule has 1 aliphatic heterocycles. The quantitative estimate of drug-likeness (QED) is 0.0596. The normalized spacial score (nSPS) is 22.9. The third kappa shape index (κ3) is 12.3. The number of carboxylic acid groups (broad SMARTS) is 1. The number of guanidine groups is 1. The highest BCUT2D eigenvalue weighted by molar-refractivity contribution is 8.77. The number of nitrogens with zero attached hydrogens (tertiary/aromatic N) is 2.